The summed E-state index contributed by atoms with van der Waals surface area (Å²) in [5.41, 5.74) is 0.712. The Balaban J connectivity index is 2.09. The summed E-state index contributed by atoms with van der Waals surface area (Å²) >= 11 is 0. The van der Waals surface area contributed by atoms with Crippen molar-refractivity contribution in [2.75, 3.05) is 13.7 Å². The molecule has 26 heavy (non-hydrogen) atoms. The van der Waals surface area contributed by atoms with Crippen LogP contribution in [0.15, 0.2) is 30.3 Å². The van der Waals surface area contributed by atoms with Gasteiger partial charge in [-0.3, -0.25) is 19.7 Å². The molecule has 0 radical (unpaired) electrons. The summed E-state index contributed by atoms with van der Waals surface area (Å²) in [6.45, 7) is 2.07. The molecule has 0 aliphatic heterocycles. The molecule has 1 aliphatic rings. The summed E-state index contributed by atoms with van der Waals surface area (Å²) < 4.78 is 4.77. The van der Waals surface area contributed by atoms with Crippen LogP contribution in [-0.4, -0.2) is 41.4 Å². The summed E-state index contributed by atoms with van der Waals surface area (Å²) in [6.07, 6.45) is 7.12. The maximum absolute atomic E-state index is 12.7. The van der Waals surface area contributed by atoms with E-state index in [1.807, 2.05) is 0 Å². The van der Waals surface area contributed by atoms with Crippen molar-refractivity contribution in [2.45, 2.75) is 38.6 Å². The van der Waals surface area contributed by atoms with Crippen LogP contribution in [0.25, 0.3) is 6.08 Å². The summed E-state index contributed by atoms with van der Waals surface area (Å²) in [7, 11) is 1.34. The molecule has 1 atom stereocenters. The average Bonchev–Trinajstić information content (AvgIpc) is 3.17. The smallest absolute Gasteiger partial charge is 0.310 e. The molecule has 1 fully saturated rings. The number of nitrogens with zero attached hydrogens (tertiary/aromatic N) is 2. The Morgan fingerprint density at radius 3 is 2.46 bits per heavy atom. The standard InChI is InChI=1S/C19H24N2O5/c1-14(19(23)26-2)13-20(16-5-3-4-6-16)18(22)12-9-15-7-10-17(11-8-15)21(24)25/h7-12,14,16H,3-6,13H2,1-2H3/b12-9+. The average molecular weight is 360 g/mol. The van der Waals surface area contributed by atoms with Gasteiger partial charge in [-0.05, 0) is 36.6 Å². The highest BCUT2D eigenvalue weighted by Gasteiger charge is 2.28. The first kappa shape index (κ1) is 19.6. The number of benzene rings is 1. The van der Waals surface area contributed by atoms with Crippen molar-refractivity contribution in [1.82, 2.24) is 4.90 Å². The molecule has 1 saturated carbocycles. The second-order valence-electron chi connectivity index (χ2n) is 6.54. The minimum absolute atomic E-state index is 0.00737. The molecule has 7 nitrogen and oxygen atoms in total. The highest BCUT2D eigenvalue weighted by atomic mass is 16.6. The Hall–Kier alpha value is -2.70. The van der Waals surface area contributed by atoms with Crippen LogP contribution < -0.4 is 0 Å². The maximum atomic E-state index is 12.7. The number of ether oxygens (including phenoxy) is 1. The number of carbonyl (C=O) groups is 2. The van der Waals surface area contributed by atoms with E-state index in [-0.39, 0.29) is 23.6 Å². The van der Waals surface area contributed by atoms with Gasteiger partial charge in [0.2, 0.25) is 5.91 Å². The highest BCUT2D eigenvalue weighted by Crippen LogP contribution is 2.25. The van der Waals surface area contributed by atoms with E-state index in [9.17, 15) is 19.7 Å². The molecule has 1 aliphatic carbocycles. The lowest BCUT2D eigenvalue weighted by atomic mass is 10.1. The number of hydrogen-bond acceptors (Lipinski definition) is 5. The van der Waals surface area contributed by atoms with E-state index < -0.39 is 10.8 Å². The lowest BCUT2D eigenvalue weighted by Crippen LogP contribution is -2.42. The Bertz CT molecular complexity index is 678. The number of hydrogen-bond donors (Lipinski definition) is 0. The quantitative estimate of drug-likeness (QED) is 0.322. The van der Waals surface area contributed by atoms with E-state index in [2.05, 4.69) is 0 Å². The van der Waals surface area contributed by atoms with Gasteiger partial charge in [-0.2, -0.15) is 0 Å². The van der Waals surface area contributed by atoms with Crippen molar-refractivity contribution >= 4 is 23.6 Å². The zero-order chi connectivity index (χ0) is 19.1. The SMILES string of the molecule is COC(=O)C(C)CN(C(=O)/C=C/c1ccc([N+](=O)[O-])cc1)C1CCCC1. The molecule has 2 rings (SSSR count). The molecule has 0 heterocycles. The normalized spacial score (nSPS) is 15.8. The fourth-order valence-corrected chi connectivity index (χ4v) is 3.18. The Labute approximate surface area is 152 Å². The van der Waals surface area contributed by atoms with Gasteiger partial charge in [-0.25, -0.2) is 0 Å². The second-order valence-corrected chi connectivity index (χ2v) is 6.54. The van der Waals surface area contributed by atoms with Crippen LogP contribution in [-0.2, 0) is 14.3 Å². The molecule has 1 aromatic rings. The lowest BCUT2D eigenvalue weighted by molar-refractivity contribution is -0.384. The van der Waals surface area contributed by atoms with Crippen LogP contribution in [0.4, 0.5) is 5.69 Å². The molecular formula is C19H24N2O5. The fraction of sp³-hybridized carbons (Fsp3) is 0.474. The first-order chi connectivity index (χ1) is 12.4. The van der Waals surface area contributed by atoms with Crippen molar-refractivity contribution < 1.29 is 19.2 Å². The molecule has 1 unspecified atom stereocenters. The summed E-state index contributed by atoms with van der Waals surface area (Å²) in [5.74, 6) is -0.886. The Morgan fingerprint density at radius 2 is 1.92 bits per heavy atom. The fourth-order valence-electron chi connectivity index (χ4n) is 3.18. The molecule has 1 amide bonds. The van der Waals surface area contributed by atoms with Crippen LogP contribution in [0.5, 0.6) is 0 Å². The predicted octanol–water partition coefficient (Wildman–Crippen LogP) is 3.19. The number of non-ortho nitro benzene ring substituents is 1. The molecule has 7 heteroatoms. The van der Waals surface area contributed by atoms with Crippen molar-refractivity contribution in [3.05, 3.63) is 46.0 Å². The first-order valence-electron chi connectivity index (χ1n) is 8.73. The zero-order valence-electron chi connectivity index (χ0n) is 15.1. The topological polar surface area (TPSA) is 89.8 Å². The minimum atomic E-state index is -0.464. The number of nitro benzene ring substituents is 1. The van der Waals surface area contributed by atoms with Gasteiger partial charge >= 0.3 is 5.97 Å². The number of carbonyl (C=O) groups excluding carboxylic acids is 2. The molecule has 0 N–H and O–H groups in total. The van der Waals surface area contributed by atoms with E-state index in [1.165, 1.54) is 25.3 Å². The maximum Gasteiger partial charge on any atom is 0.310 e. The summed E-state index contributed by atoms with van der Waals surface area (Å²) in [4.78, 5) is 36.4. The molecular weight excluding hydrogens is 336 g/mol. The van der Waals surface area contributed by atoms with Gasteiger partial charge in [-0.1, -0.05) is 19.8 Å². The number of nitro groups is 1. The van der Waals surface area contributed by atoms with Crippen LogP contribution in [0, 0.1) is 16.0 Å². The van der Waals surface area contributed by atoms with Crippen molar-refractivity contribution in [2.24, 2.45) is 5.92 Å². The van der Waals surface area contributed by atoms with Crippen LogP contribution in [0.1, 0.15) is 38.2 Å². The van der Waals surface area contributed by atoms with Gasteiger partial charge in [0.1, 0.15) is 0 Å². The van der Waals surface area contributed by atoms with Crippen molar-refractivity contribution in [1.29, 1.82) is 0 Å². The summed E-state index contributed by atoms with van der Waals surface area (Å²) in [5, 5.41) is 10.7. The lowest BCUT2D eigenvalue weighted by Gasteiger charge is -2.29. The molecule has 1 aromatic carbocycles. The number of rotatable bonds is 7. The Kier molecular flexibility index (Phi) is 6.89. The van der Waals surface area contributed by atoms with Crippen LogP contribution in [0.3, 0.4) is 0 Å². The van der Waals surface area contributed by atoms with E-state index in [4.69, 9.17) is 4.74 Å². The third-order valence-electron chi connectivity index (χ3n) is 4.64. The second kappa shape index (κ2) is 9.12. The number of esters is 1. The molecule has 0 bridgehead atoms. The van der Waals surface area contributed by atoms with Crippen molar-refractivity contribution in [3.63, 3.8) is 0 Å². The Morgan fingerprint density at radius 1 is 1.31 bits per heavy atom. The van der Waals surface area contributed by atoms with Gasteiger partial charge < -0.3 is 9.64 Å². The largest absolute Gasteiger partial charge is 0.469 e. The van der Waals surface area contributed by atoms with Crippen LogP contribution >= 0.6 is 0 Å². The van der Waals surface area contributed by atoms with Gasteiger partial charge in [0.05, 0.1) is 18.0 Å². The van der Waals surface area contributed by atoms with E-state index >= 15 is 0 Å². The predicted molar refractivity (Wildman–Crippen MR) is 97.3 cm³/mol. The van der Waals surface area contributed by atoms with Gasteiger partial charge in [0.25, 0.3) is 5.69 Å². The molecule has 0 saturated heterocycles. The third-order valence-corrected chi connectivity index (χ3v) is 4.64. The molecule has 140 valence electrons. The minimum Gasteiger partial charge on any atom is -0.469 e. The van der Waals surface area contributed by atoms with E-state index in [1.54, 1.807) is 30.0 Å². The van der Waals surface area contributed by atoms with E-state index in [0.29, 0.717) is 12.1 Å². The van der Waals surface area contributed by atoms with Gasteiger partial charge in [-0.15, -0.1) is 0 Å². The summed E-state index contributed by atoms with van der Waals surface area (Å²) in [6, 6.07) is 6.13. The molecule has 0 aromatic heterocycles. The van der Waals surface area contributed by atoms with Gasteiger partial charge in [0, 0.05) is 30.8 Å². The van der Waals surface area contributed by atoms with Crippen molar-refractivity contribution in [3.8, 4) is 0 Å². The molecule has 0 spiro atoms. The van der Waals surface area contributed by atoms with E-state index in [0.717, 1.165) is 25.7 Å². The first-order valence-corrected chi connectivity index (χ1v) is 8.73. The highest BCUT2D eigenvalue weighted by molar-refractivity contribution is 5.92. The van der Waals surface area contributed by atoms with Gasteiger partial charge in [0.15, 0.2) is 0 Å². The van der Waals surface area contributed by atoms with Crippen LogP contribution in [0.2, 0.25) is 0 Å². The zero-order valence-corrected chi connectivity index (χ0v) is 15.1. The third kappa shape index (κ3) is 5.15. The number of amides is 1. The number of methoxy groups -OCH3 is 1. The monoisotopic (exact) mass is 360 g/mol.